The molecule has 11 nitrogen and oxygen atoms in total. The summed E-state index contributed by atoms with van der Waals surface area (Å²) in [4.78, 5) is 13.3. The molecule has 2 aromatic rings. The third-order valence-electron chi connectivity index (χ3n) is 5.45. The zero-order valence-corrected chi connectivity index (χ0v) is 16.5. The van der Waals surface area contributed by atoms with Crippen LogP contribution < -0.4 is 4.74 Å². The molecule has 11 heteroatoms. The van der Waals surface area contributed by atoms with Gasteiger partial charge in [-0.1, -0.05) is 12.1 Å². The minimum Gasteiger partial charge on any atom is -0.508 e. The lowest BCUT2D eigenvalue weighted by Gasteiger charge is -2.42. The van der Waals surface area contributed by atoms with Crippen LogP contribution in [0.4, 0.5) is 0 Å². The molecule has 0 aromatic heterocycles. The minimum absolute atomic E-state index is 0.0435. The average molecular weight is 450 g/mol. The third kappa shape index (κ3) is 3.86. The van der Waals surface area contributed by atoms with Crippen molar-refractivity contribution in [3.8, 4) is 23.0 Å². The van der Waals surface area contributed by atoms with E-state index in [0.717, 1.165) is 12.1 Å². The maximum absolute atomic E-state index is 13.3. The van der Waals surface area contributed by atoms with E-state index in [9.17, 15) is 40.5 Å². The zero-order valence-electron chi connectivity index (χ0n) is 16.5. The van der Waals surface area contributed by atoms with Crippen molar-refractivity contribution in [3.05, 3.63) is 47.5 Å². The van der Waals surface area contributed by atoms with E-state index >= 15 is 0 Å². The second kappa shape index (κ2) is 8.54. The van der Waals surface area contributed by atoms with Gasteiger partial charge in [-0.2, -0.15) is 0 Å². The van der Waals surface area contributed by atoms with E-state index in [-0.39, 0.29) is 22.8 Å². The molecule has 2 aromatic carbocycles. The Morgan fingerprint density at radius 3 is 2.25 bits per heavy atom. The van der Waals surface area contributed by atoms with Gasteiger partial charge < -0.3 is 50.0 Å². The Kier molecular flexibility index (Phi) is 5.95. The lowest BCUT2D eigenvalue weighted by Crippen LogP contribution is -2.60. The molecule has 2 heterocycles. The van der Waals surface area contributed by atoms with Gasteiger partial charge in [0.05, 0.1) is 6.61 Å². The van der Waals surface area contributed by atoms with Crippen molar-refractivity contribution in [2.24, 2.45) is 0 Å². The Morgan fingerprint density at radius 2 is 1.59 bits per heavy atom. The predicted molar refractivity (Wildman–Crippen MR) is 104 cm³/mol. The van der Waals surface area contributed by atoms with Crippen LogP contribution in [0.2, 0.25) is 0 Å². The highest BCUT2D eigenvalue weighted by Gasteiger charge is 2.49. The Balaban J connectivity index is 1.72. The Bertz CT molecular complexity index is 990. The molecule has 172 valence electrons. The van der Waals surface area contributed by atoms with Gasteiger partial charge in [-0.15, -0.1) is 0 Å². The van der Waals surface area contributed by atoms with Crippen molar-refractivity contribution in [1.82, 2.24) is 0 Å². The molecule has 2 aliphatic rings. The fraction of sp³-hybridized carbons (Fsp3) is 0.381. The first-order valence-electron chi connectivity index (χ1n) is 9.73. The number of Topliss-reactive ketones (excluding diaryl/α,β-unsaturated/α-hetero) is 1. The molecule has 7 N–H and O–H groups in total. The molecule has 0 radical (unpaired) electrons. The Labute approximate surface area is 181 Å². The molecule has 7 atom stereocenters. The SMILES string of the molecule is O=C1c2c(O)cc(O)cc2OC(c2ccc(O)cc2)C1O[C@@H]1O[C@H](CO)[C@H](O)[C@H](O)[C@H]1O. The number of phenolic OH excluding ortho intramolecular Hbond substituents is 3. The maximum Gasteiger partial charge on any atom is 0.203 e. The number of aliphatic hydroxyl groups excluding tert-OH is 4. The number of carbonyl (C=O) groups is 1. The van der Waals surface area contributed by atoms with Gasteiger partial charge in [0.1, 0.15) is 53.0 Å². The standard InChI is InChI=1S/C21H22O11/c22-7-13-15(26)17(28)18(29)21(31-13)32-20-16(27)14-11(25)5-10(24)6-12(14)30-19(20)8-1-3-9(23)4-2-8/h1-6,13,15,17-26,28-29H,7H2/t13-,15+,17+,18-,19?,20?,21+/m1/s1. The number of hydrogen-bond donors (Lipinski definition) is 7. The molecule has 32 heavy (non-hydrogen) atoms. The summed E-state index contributed by atoms with van der Waals surface area (Å²) in [5.41, 5.74) is 0.103. The number of hydrogen-bond acceptors (Lipinski definition) is 11. The van der Waals surface area contributed by atoms with Crippen molar-refractivity contribution in [3.63, 3.8) is 0 Å². The first-order chi connectivity index (χ1) is 15.2. The summed E-state index contributed by atoms with van der Waals surface area (Å²) in [5.74, 6) is -1.82. The molecule has 1 fully saturated rings. The van der Waals surface area contributed by atoms with Gasteiger partial charge in [0.25, 0.3) is 0 Å². The van der Waals surface area contributed by atoms with Crippen molar-refractivity contribution >= 4 is 5.78 Å². The van der Waals surface area contributed by atoms with Gasteiger partial charge in [-0.05, 0) is 17.7 Å². The van der Waals surface area contributed by atoms with Crippen LogP contribution >= 0.6 is 0 Å². The summed E-state index contributed by atoms with van der Waals surface area (Å²) in [6, 6.07) is 7.72. The average Bonchev–Trinajstić information content (AvgIpc) is 2.75. The smallest absolute Gasteiger partial charge is 0.203 e. The van der Waals surface area contributed by atoms with E-state index in [2.05, 4.69) is 0 Å². The lowest BCUT2D eigenvalue weighted by atomic mass is 9.92. The van der Waals surface area contributed by atoms with E-state index in [1.54, 1.807) is 0 Å². The fourth-order valence-corrected chi connectivity index (χ4v) is 3.77. The summed E-state index contributed by atoms with van der Waals surface area (Å²) in [6.45, 7) is -0.690. The second-order valence-electron chi connectivity index (χ2n) is 7.59. The van der Waals surface area contributed by atoms with Gasteiger partial charge in [-0.25, -0.2) is 0 Å². The van der Waals surface area contributed by atoms with Crippen molar-refractivity contribution in [2.45, 2.75) is 42.9 Å². The fourth-order valence-electron chi connectivity index (χ4n) is 3.77. The summed E-state index contributed by atoms with van der Waals surface area (Å²) in [6.07, 6.45) is -10.7. The number of aliphatic hydroxyl groups is 4. The topological polar surface area (TPSA) is 186 Å². The normalized spacial score (nSPS) is 32.2. The van der Waals surface area contributed by atoms with Crippen LogP contribution in [0.1, 0.15) is 22.0 Å². The monoisotopic (exact) mass is 450 g/mol. The lowest BCUT2D eigenvalue weighted by molar-refractivity contribution is -0.311. The maximum atomic E-state index is 13.3. The second-order valence-corrected chi connectivity index (χ2v) is 7.59. The molecule has 1 saturated heterocycles. The number of ketones is 1. The highest BCUT2D eigenvalue weighted by Crippen LogP contribution is 2.43. The summed E-state index contributed by atoms with van der Waals surface area (Å²) < 4.78 is 16.9. The van der Waals surface area contributed by atoms with Gasteiger partial charge in [0.15, 0.2) is 18.5 Å². The highest BCUT2D eigenvalue weighted by atomic mass is 16.7. The number of fused-ring (bicyclic) bond motifs is 1. The minimum atomic E-state index is -1.77. The molecule has 0 amide bonds. The number of ether oxygens (including phenoxy) is 3. The molecule has 0 aliphatic carbocycles. The van der Waals surface area contributed by atoms with Crippen LogP contribution in [0, 0.1) is 0 Å². The molecule has 2 aliphatic heterocycles. The van der Waals surface area contributed by atoms with Crippen molar-refractivity contribution < 1.29 is 54.8 Å². The van der Waals surface area contributed by atoms with E-state index in [1.807, 2.05) is 0 Å². The Morgan fingerprint density at radius 1 is 0.906 bits per heavy atom. The molecule has 0 bridgehead atoms. The van der Waals surface area contributed by atoms with E-state index < -0.39 is 61.1 Å². The number of rotatable bonds is 4. The van der Waals surface area contributed by atoms with Crippen molar-refractivity contribution in [2.75, 3.05) is 6.61 Å². The highest BCUT2D eigenvalue weighted by molar-refractivity contribution is 6.05. The van der Waals surface area contributed by atoms with Crippen LogP contribution in [-0.4, -0.2) is 84.9 Å². The summed E-state index contributed by atoms with van der Waals surface area (Å²) in [7, 11) is 0. The summed E-state index contributed by atoms with van der Waals surface area (Å²) >= 11 is 0. The zero-order chi connectivity index (χ0) is 23.2. The van der Waals surface area contributed by atoms with E-state index in [0.29, 0.717) is 5.56 Å². The van der Waals surface area contributed by atoms with Crippen LogP contribution in [0.15, 0.2) is 36.4 Å². The molecular weight excluding hydrogens is 428 g/mol. The van der Waals surface area contributed by atoms with Crippen LogP contribution in [0.25, 0.3) is 0 Å². The van der Waals surface area contributed by atoms with Crippen LogP contribution in [0.3, 0.4) is 0 Å². The molecule has 0 spiro atoms. The number of benzene rings is 2. The number of aromatic hydroxyl groups is 3. The molecule has 0 saturated carbocycles. The first kappa shape index (κ1) is 22.3. The van der Waals surface area contributed by atoms with Crippen LogP contribution in [0.5, 0.6) is 23.0 Å². The van der Waals surface area contributed by atoms with Gasteiger partial charge in [0, 0.05) is 12.1 Å². The largest absolute Gasteiger partial charge is 0.508 e. The van der Waals surface area contributed by atoms with Gasteiger partial charge in [-0.3, -0.25) is 4.79 Å². The third-order valence-corrected chi connectivity index (χ3v) is 5.45. The Hall–Kier alpha value is -2.93. The molecule has 2 unspecified atom stereocenters. The van der Waals surface area contributed by atoms with Crippen LogP contribution in [-0.2, 0) is 9.47 Å². The van der Waals surface area contributed by atoms with Gasteiger partial charge >= 0.3 is 0 Å². The van der Waals surface area contributed by atoms with E-state index in [1.165, 1.54) is 24.3 Å². The molecule has 4 rings (SSSR count). The number of phenols is 3. The van der Waals surface area contributed by atoms with Crippen molar-refractivity contribution in [1.29, 1.82) is 0 Å². The predicted octanol–water partition coefficient (Wildman–Crippen LogP) is -0.695. The summed E-state index contributed by atoms with van der Waals surface area (Å²) in [5, 5.41) is 69.2. The van der Waals surface area contributed by atoms with Gasteiger partial charge in [0.2, 0.25) is 5.78 Å². The molecular formula is C21H22O11. The first-order valence-corrected chi connectivity index (χ1v) is 9.73. The number of carbonyl (C=O) groups excluding carboxylic acids is 1. The van der Waals surface area contributed by atoms with E-state index in [4.69, 9.17) is 14.2 Å². The quantitative estimate of drug-likeness (QED) is 0.312.